The van der Waals surface area contributed by atoms with Gasteiger partial charge < -0.3 is 5.32 Å². The van der Waals surface area contributed by atoms with Gasteiger partial charge in [0.1, 0.15) is 0 Å². The molecule has 0 amide bonds. The highest BCUT2D eigenvalue weighted by Gasteiger charge is 2.04. The van der Waals surface area contributed by atoms with Crippen molar-refractivity contribution in [2.24, 2.45) is 4.99 Å². The molecule has 0 bridgehead atoms. The summed E-state index contributed by atoms with van der Waals surface area (Å²) < 4.78 is 21.8. The lowest BCUT2D eigenvalue weighted by Gasteiger charge is -1.99. The molecule has 0 atom stereocenters. The topological polar surface area (TPSA) is 58.5 Å². The van der Waals surface area contributed by atoms with Crippen LogP contribution in [0.25, 0.3) is 0 Å². The molecule has 0 radical (unpaired) electrons. The summed E-state index contributed by atoms with van der Waals surface area (Å²) in [4.78, 5) is 3.65. The zero-order valence-corrected chi connectivity index (χ0v) is 7.69. The van der Waals surface area contributed by atoms with Gasteiger partial charge in [-0.1, -0.05) is 6.92 Å². The van der Waals surface area contributed by atoms with Crippen molar-refractivity contribution in [2.45, 2.75) is 6.92 Å². The van der Waals surface area contributed by atoms with Gasteiger partial charge in [0.15, 0.2) is 9.84 Å². The Bertz CT molecular complexity index is 209. The second-order valence-electron chi connectivity index (χ2n) is 2.08. The molecule has 0 fully saturated rings. The molecule has 0 unspecified atom stereocenters. The van der Waals surface area contributed by atoms with E-state index in [1.165, 1.54) is 6.34 Å². The first-order valence-electron chi connectivity index (χ1n) is 3.47. The SMILES string of the molecule is CCS(=O)(=O)CCNC=NC. The smallest absolute Gasteiger partial charge is 0.151 e. The molecule has 5 heteroatoms. The molecule has 0 saturated carbocycles. The van der Waals surface area contributed by atoms with Crippen molar-refractivity contribution >= 4 is 16.2 Å². The summed E-state index contributed by atoms with van der Waals surface area (Å²) in [5, 5.41) is 2.75. The van der Waals surface area contributed by atoms with Gasteiger partial charge in [-0.3, -0.25) is 4.99 Å². The Kier molecular flexibility index (Phi) is 4.85. The van der Waals surface area contributed by atoms with Crippen LogP contribution in [0.15, 0.2) is 4.99 Å². The lowest BCUT2D eigenvalue weighted by molar-refractivity contribution is 0.596. The van der Waals surface area contributed by atoms with Crippen molar-refractivity contribution in [3.8, 4) is 0 Å². The van der Waals surface area contributed by atoms with Gasteiger partial charge in [-0.25, -0.2) is 8.42 Å². The standard InChI is InChI=1S/C6H14N2O2S/c1-3-11(9,10)5-4-8-6-7-2/h6H,3-5H2,1-2H3,(H,7,8). The summed E-state index contributed by atoms with van der Waals surface area (Å²) in [6.45, 7) is 2.08. The number of sulfone groups is 1. The second-order valence-corrected chi connectivity index (χ2v) is 4.55. The van der Waals surface area contributed by atoms with Crippen LogP contribution in [0, 0.1) is 0 Å². The molecule has 0 heterocycles. The molecule has 0 aliphatic rings. The molecule has 66 valence electrons. The van der Waals surface area contributed by atoms with E-state index in [2.05, 4.69) is 10.3 Å². The molecule has 0 aliphatic carbocycles. The highest BCUT2D eigenvalue weighted by molar-refractivity contribution is 7.91. The van der Waals surface area contributed by atoms with Crippen molar-refractivity contribution in [2.75, 3.05) is 25.1 Å². The fourth-order valence-corrected chi connectivity index (χ4v) is 1.23. The van der Waals surface area contributed by atoms with Gasteiger partial charge >= 0.3 is 0 Å². The van der Waals surface area contributed by atoms with Crippen molar-refractivity contribution in [1.29, 1.82) is 0 Å². The maximum Gasteiger partial charge on any atom is 0.151 e. The van der Waals surface area contributed by atoms with E-state index in [1.807, 2.05) is 0 Å². The average Bonchev–Trinajstić information content (AvgIpc) is 1.99. The van der Waals surface area contributed by atoms with Gasteiger partial charge in [0.25, 0.3) is 0 Å². The Morgan fingerprint density at radius 1 is 1.55 bits per heavy atom. The molecule has 0 aliphatic heterocycles. The summed E-state index contributed by atoms with van der Waals surface area (Å²) in [6.07, 6.45) is 1.49. The van der Waals surface area contributed by atoms with Crippen LogP contribution in [-0.2, 0) is 9.84 Å². The Balaban J connectivity index is 3.55. The van der Waals surface area contributed by atoms with Gasteiger partial charge in [0.05, 0.1) is 12.1 Å². The number of hydrogen-bond donors (Lipinski definition) is 1. The molecule has 0 saturated heterocycles. The minimum absolute atomic E-state index is 0.176. The van der Waals surface area contributed by atoms with Gasteiger partial charge in [-0.05, 0) is 0 Å². The first-order chi connectivity index (χ1) is 5.12. The van der Waals surface area contributed by atoms with Crippen LogP contribution >= 0.6 is 0 Å². The molecule has 4 nitrogen and oxygen atoms in total. The van der Waals surface area contributed by atoms with Crippen molar-refractivity contribution in [3.63, 3.8) is 0 Å². The van der Waals surface area contributed by atoms with E-state index in [0.717, 1.165) is 0 Å². The predicted octanol–water partition coefficient (Wildman–Crippen LogP) is -0.331. The molecular weight excluding hydrogens is 164 g/mol. The molecule has 0 aromatic heterocycles. The van der Waals surface area contributed by atoms with Gasteiger partial charge in [-0.2, -0.15) is 0 Å². The fourth-order valence-electron chi connectivity index (χ4n) is 0.515. The first-order valence-corrected chi connectivity index (χ1v) is 5.29. The van der Waals surface area contributed by atoms with E-state index in [4.69, 9.17) is 0 Å². The van der Waals surface area contributed by atoms with Crippen LogP contribution in [0.5, 0.6) is 0 Å². The van der Waals surface area contributed by atoms with Crippen LogP contribution in [0.3, 0.4) is 0 Å². The summed E-state index contributed by atoms with van der Waals surface area (Å²) >= 11 is 0. The first kappa shape index (κ1) is 10.4. The van der Waals surface area contributed by atoms with Crippen LogP contribution < -0.4 is 5.32 Å². The number of nitrogens with zero attached hydrogens (tertiary/aromatic N) is 1. The molecule has 11 heavy (non-hydrogen) atoms. The zero-order valence-electron chi connectivity index (χ0n) is 6.87. The molecule has 1 N–H and O–H groups in total. The molecule has 0 aromatic carbocycles. The molecule has 0 spiro atoms. The van der Waals surface area contributed by atoms with E-state index in [1.54, 1.807) is 14.0 Å². The summed E-state index contributed by atoms with van der Waals surface area (Å²) in [6, 6.07) is 0. The molecule has 0 rings (SSSR count). The number of hydrogen-bond acceptors (Lipinski definition) is 3. The number of nitrogens with one attached hydrogen (secondary N) is 1. The highest BCUT2D eigenvalue weighted by Crippen LogP contribution is 1.85. The summed E-state index contributed by atoms with van der Waals surface area (Å²) in [5.74, 6) is 0.382. The Labute approximate surface area is 67.6 Å². The third kappa shape index (κ3) is 5.84. The van der Waals surface area contributed by atoms with Gasteiger partial charge in [0, 0.05) is 19.3 Å². The molecule has 0 aromatic rings. The minimum atomic E-state index is -2.82. The van der Waals surface area contributed by atoms with E-state index >= 15 is 0 Å². The average molecular weight is 178 g/mol. The van der Waals surface area contributed by atoms with E-state index in [9.17, 15) is 8.42 Å². The predicted molar refractivity (Wildman–Crippen MR) is 46.7 cm³/mol. The van der Waals surface area contributed by atoms with E-state index in [-0.39, 0.29) is 11.5 Å². The number of rotatable bonds is 5. The monoisotopic (exact) mass is 178 g/mol. The quantitative estimate of drug-likeness (QED) is 0.356. The van der Waals surface area contributed by atoms with Gasteiger partial charge in [-0.15, -0.1) is 0 Å². The van der Waals surface area contributed by atoms with E-state index in [0.29, 0.717) is 6.54 Å². The van der Waals surface area contributed by atoms with Crippen LogP contribution in [-0.4, -0.2) is 39.9 Å². The summed E-state index contributed by atoms with van der Waals surface area (Å²) in [7, 11) is -1.20. The zero-order chi connectivity index (χ0) is 8.74. The Morgan fingerprint density at radius 2 is 2.18 bits per heavy atom. The van der Waals surface area contributed by atoms with Crippen LogP contribution in [0.1, 0.15) is 6.92 Å². The normalized spacial score (nSPS) is 12.2. The Hall–Kier alpha value is -0.580. The molecular formula is C6H14N2O2S. The van der Waals surface area contributed by atoms with Crippen LogP contribution in [0.2, 0.25) is 0 Å². The van der Waals surface area contributed by atoms with E-state index < -0.39 is 9.84 Å². The maximum absolute atomic E-state index is 10.9. The second kappa shape index (κ2) is 5.12. The lowest BCUT2D eigenvalue weighted by Crippen LogP contribution is -2.22. The maximum atomic E-state index is 10.9. The van der Waals surface area contributed by atoms with Crippen molar-refractivity contribution in [1.82, 2.24) is 5.32 Å². The largest absolute Gasteiger partial charge is 0.375 e. The van der Waals surface area contributed by atoms with Crippen molar-refractivity contribution < 1.29 is 8.42 Å². The summed E-state index contributed by atoms with van der Waals surface area (Å²) in [5.41, 5.74) is 0. The minimum Gasteiger partial charge on any atom is -0.375 e. The third-order valence-corrected chi connectivity index (χ3v) is 2.92. The van der Waals surface area contributed by atoms with Gasteiger partial charge in [0.2, 0.25) is 0 Å². The van der Waals surface area contributed by atoms with Crippen molar-refractivity contribution in [3.05, 3.63) is 0 Å². The third-order valence-electron chi connectivity index (χ3n) is 1.22. The Morgan fingerprint density at radius 3 is 2.64 bits per heavy atom. The number of aliphatic imine (C=N–C) groups is 1. The lowest BCUT2D eigenvalue weighted by atomic mass is 10.8. The fraction of sp³-hybridized carbons (Fsp3) is 0.833. The highest BCUT2D eigenvalue weighted by atomic mass is 32.2. The van der Waals surface area contributed by atoms with Crippen LogP contribution in [0.4, 0.5) is 0 Å².